The molecular formula is C12H14O6. The molecular weight excluding hydrogens is 240 g/mol. The highest BCUT2D eigenvalue weighted by molar-refractivity contribution is 5.74. The normalized spacial score (nSPS) is 14.2. The second-order valence-electron chi connectivity index (χ2n) is 3.75. The fourth-order valence-corrected chi connectivity index (χ4v) is 1.60. The number of hydrogen-bond donors (Lipinski definition) is 1. The van der Waals surface area contributed by atoms with Gasteiger partial charge in [-0.3, -0.25) is 0 Å². The molecule has 0 fully saturated rings. The third kappa shape index (κ3) is 2.33. The second kappa shape index (κ2) is 5.14. The molecule has 1 unspecified atom stereocenters. The van der Waals surface area contributed by atoms with Crippen molar-refractivity contribution in [2.75, 3.05) is 13.9 Å². The maximum atomic E-state index is 11.3. The highest BCUT2D eigenvalue weighted by Crippen LogP contribution is 2.38. The number of esters is 1. The molecule has 1 aromatic carbocycles. The van der Waals surface area contributed by atoms with Crippen molar-refractivity contribution in [3.63, 3.8) is 0 Å². The van der Waals surface area contributed by atoms with E-state index in [0.29, 0.717) is 22.8 Å². The monoisotopic (exact) mass is 254 g/mol. The van der Waals surface area contributed by atoms with Crippen molar-refractivity contribution in [1.82, 2.24) is 0 Å². The number of hydrogen-bond acceptors (Lipinski definition) is 6. The van der Waals surface area contributed by atoms with Crippen LogP contribution in [0.1, 0.15) is 12.5 Å². The van der Waals surface area contributed by atoms with Gasteiger partial charge in [0.1, 0.15) is 5.75 Å². The van der Waals surface area contributed by atoms with E-state index in [1.54, 1.807) is 19.1 Å². The number of ether oxygens (including phenoxy) is 4. The lowest BCUT2D eigenvalue weighted by Crippen LogP contribution is -2.25. The Morgan fingerprint density at radius 3 is 2.72 bits per heavy atom. The fourth-order valence-electron chi connectivity index (χ4n) is 1.60. The third-order valence-electron chi connectivity index (χ3n) is 2.56. The Morgan fingerprint density at radius 1 is 1.44 bits per heavy atom. The summed E-state index contributed by atoms with van der Waals surface area (Å²) in [6.45, 7) is 1.48. The summed E-state index contributed by atoms with van der Waals surface area (Å²) in [5.41, 5.74) is 0.523. The lowest BCUT2D eigenvalue weighted by molar-refractivity contribution is -0.147. The van der Waals surface area contributed by atoms with E-state index < -0.39 is 12.1 Å². The first-order valence-electron chi connectivity index (χ1n) is 5.43. The maximum Gasteiger partial charge on any atom is 0.346 e. The number of carbonyl (C=O) groups is 1. The van der Waals surface area contributed by atoms with Crippen molar-refractivity contribution in [3.05, 3.63) is 17.7 Å². The van der Waals surface area contributed by atoms with Crippen molar-refractivity contribution >= 4 is 5.97 Å². The van der Waals surface area contributed by atoms with Gasteiger partial charge in [-0.05, 0) is 13.0 Å². The molecule has 0 bridgehead atoms. The van der Waals surface area contributed by atoms with Crippen LogP contribution in [0.4, 0.5) is 0 Å². The van der Waals surface area contributed by atoms with Gasteiger partial charge in [0, 0.05) is 11.6 Å². The van der Waals surface area contributed by atoms with Gasteiger partial charge in [0.25, 0.3) is 0 Å². The largest absolute Gasteiger partial charge is 0.479 e. The molecule has 1 aromatic rings. The van der Waals surface area contributed by atoms with Crippen molar-refractivity contribution in [2.45, 2.75) is 19.6 Å². The van der Waals surface area contributed by atoms with Crippen LogP contribution in [0.25, 0.3) is 0 Å². The minimum absolute atomic E-state index is 0.135. The minimum Gasteiger partial charge on any atom is -0.479 e. The van der Waals surface area contributed by atoms with Crippen LogP contribution in [0.15, 0.2) is 12.1 Å². The molecule has 6 nitrogen and oxygen atoms in total. The summed E-state index contributed by atoms with van der Waals surface area (Å²) in [4.78, 5) is 11.3. The Balaban J connectivity index is 2.24. The molecule has 0 aliphatic carbocycles. The first-order valence-corrected chi connectivity index (χ1v) is 5.43. The van der Waals surface area contributed by atoms with E-state index in [9.17, 15) is 9.90 Å². The fraction of sp³-hybridized carbons (Fsp3) is 0.417. The summed E-state index contributed by atoms with van der Waals surface area (Å²) in [6, 6.07) is 3.22. The van der Waals surface area contributed by atoms with Gasteiger partial charge in [-0.15, -0.1) is 0 Å². The van der Waals surface area contributed by atoms with Gasteiger partial charge in [-0.2, -0.15) is 0 Å². The summed E-state index contributed by atoms with van der Waals surface area (Å²) in [6.07, 6.45) is -0.763. The molecule has 1 heterocycles. The van der Waals surface area contributed by atoms with Gasteiger partial charge in [-0.1, -0.05) is 0 Å². The summed E-state index contributed by atoms with van der Waals surface area (Å²) in [5.74, 6) is 0.965. The summed E-state index contributed by atoms with van der Waals surface area (Å²) in [5, 5.41) is 9.27. The minimum atomic E-state index is -0.763. The summed E-state index contributed by atoms with van der Waals surface area (Å²) in [7, 11) is 1.29. The van der Waals surface area contributed by atoms with Gasteiger partial charge in [0.05, 0.1) is 13.7 Å². The molecule has 1 N–H and O–H groups in total. The quantitative estimate of drug-likeness (QED) is 0.803. The van der Waals surface area contributed by atoms with E-state index in [-0.39, 0.29) is 13.4 Å². The average Bonchev–Trinajstić information content (AvgIpc) is 2.83. The average molecular weight is 254 g/mol. The van der Waals surface area contributed by atoms with Crippen molar-refractivity contribution < 1.29 is 28.8 Å². The Hall–Kier alpha value is -1.95. The SMILES string of the molecule is COC(=O)C(C)Oc1cc2c(cc1CO)OCO2. The zero-order valence-electron chi connectivity index (χ0n) is 10.1. The van der Waals surface area contributed by atoms with E-state index in [1.807, 2.05) is 0 Å². The number of aliphatic hydroxyl groups is 1. The number of benzene rings is 1. The smallest absolute Gasteiger partial charge is 0.346 e. The van der Waals surface area contributed by atoms with Gasteiger partial charge in [-0.25, -0.2) is 4.79 Å². The van der Waals surface area contributed by atoms with Crippen LogP contribution >= 0.6 is 0 Å². The van der Waals surface area contributed by atoms with Crippen LogP contribution in [0.2, 0.25) is 0 Å². The van der Waals surface area contributed by atoms with E-state index in [0.717, 1.165) is 0 Å². The molecule has 1 aliphatic rings. The molecule has 0 saturated heterocycles. The van der Waals surface area contributed by atoms with Gasteiger partial charge >= 0.3 is 5.97 Å². The van der Waals surface area contributed by atoms with Crippen LogP contribution in [0.5, 0.6) is 17.2 Å². The predicted molar refractivity (Wildman–Crippen MR) is 60.6 cm³/mol. The predicted octanol–water partition coefficient (Wildman–Crippen LogP) is 0.848. The Kier molecular flexibility index (Phi) is 3.57. The number of rotatable bonds is 4. The molecule has 1 atom stereocenters. The highest BCUT2D eigenvalue weighted by Gasteiger charge is 2.21. The molecule has 6 heteroatoms. The highest BCUT2D eigenvalue weighted by atomic mass is 16.7. The first-order chi connectivity index (χ1) is 8.65. The zero-order chi connectivity index (χ0) is 13.1. The van der Waals surface area contributed by atoms with Gasteiger partial charge < -0.3 is 24.1 Å². The van der Waals surface area contributed by atoms with E-state index >= 15 is 0 Å². The number of aliphatic hydroxyl groups excluding tert-OH is 1. The van der Waals surface area contributed by atoms with E-state index in [4.69, 9.17) is 14.2 Å². The van der Waals surface area contributed by atoms with Crippen LogP contribution in [0.3, 0.4) is 0 Å². The maximum absolute atomic E-state index is 11.3. The van der Waals surface area contributed by atoms with Crippen LogP contribution in [-0.2, 0) is 16.1 Å². The Morgan fingerprint density at radius 2 is 2.11 bits per heavy atom. The lowest BCUT2D eigenvalue weighted by Gasteiger charge is -2.15. The summed E-state index contributed by atoms with van der Waals surface area (Å²) < 4.78 is 20.4. The number of fused-ring (bicyclic) bond motifs is 1. The molecule has 0 amide bonds. The number of methoxy groups -OCH3 is 1. The van der Waals surface area contributed by atoms with E-state index in [2.05, 4.69) is 4.74 Å². The number of carbonyl (C=O) groups excluding carboxylic acids is 1. The Bertz CT molecular complexity index is 456. The molecule has 18 heavy (non-hydrogen) atoms. The standard InChI is InChI=1S/C12H14O6/c1-7(12(14)15-2)18-9-4-11-10(16-6-17-11)3-8(9)5-13/h3-4,7,13H,5-6H2,1-2H3. The Labute approximate surface area is 104 Å². The van der Waals surface area contributed by atoms with E-state index in [1.165, 1.54) is 7.11 Å². The molecule has 0 radical (unpaired) electrons. The molecule has 1 aliphatic heterocycles. The van der Waals surface area contributed by atoms with Crippen LogP contribution in [0, 0.1) is 0 Å². The molecule has 0 saturated carbocycles. The van der Waals surface area contributed by atoms with Crippen molar-refractivity contribution in [2.24, 2.45) is 0 Å². The van der Waals surface area contributed by atoms with Crippen LogP contribution in [-0.4, -0.2) is 31.1 Å². The van der Waals surface area contributed by atoms with Gasteiger partial charge in [0.15, 0.2) is 17.6 Å². The zero-order valence-corrected chi connectivity index (χ0v) is 10.1. The second-order valence-corrected chi connectivity index (χ2v) is 3.75. The van der Waals surface area contributed by atoms with Crippen LogP contribution < -0.4 is 14.2 Å². The molecule has 98 valence electrons. The lowest BCUT2D eigenvalue weighted by atomic mass is 10.2. The molecule has 2 rings (SSSR count). The first kappa shape index (κ1) is 12.5. The van der Waals surface area contributed by atoms with Gasteiger partial charge in [0.2, 0.25) is 6.79 Å². The molecule has 0 spiro atoms. The van der Waals surface area contributed by atoms with Crippen molar-refractivity contribution in [3.8, 4) is 17.2 Å². The van der Waals surface area contributed by atoms with Crippen molar-refractivity contribution in [1.29, 1.82) is 0 Å². The molecule has 0 aromatic heterocycles. The summed E-state index contributed by atoms with van der Waals surface area (Å²) >= 11 is 0. The topological polar surface area (TPSA) is 74.2 Å². The third-order valence-corrected chi connectivity index (χ3v) is 2.56.